The summed E-state index contributed by atoms with van der Waals surface area (Å²) in [5.74, 6) is 0.447. The summed E-state index contributed by atoms with van der Waals surface area (Å²) in [6.07, 6.45) is 4.36. The van der Waals surface area contributed by atoms with Gasteiger partial charge in [0.05, 0.1) is 12.2 Å². The molecule has 148 valence electrons. The van der Waals surface area contributed by atoms with Crippen LogP contribution in [-0.2, 0) is 26.4 Å². The lowest BCUT2D eigenvalue weighted by Gasteiger charge is -2.17. The maximum Gasteiger partial charge on any atom is 0.266 e. The van der Waals surface area contributed by atoms with Crippen molar-refractivity contribution < 1.29 is 4.79 Å². The number of hydrogen-bond donors (Lipinski definition) is 1. The van der Waals surface area contributed by atoms with Crippen LogP contribution in [0.2, 0.25) is 0 Å². The van der Waals surface area contributed by atoms with E-state index in [1.807, 2.05) is 13.0 Å². The van der Waals surface area contributed by atoms with Crippen molar-refractivity contribution in [3.05, 3.63) is 75.1 Å². The van der Waals surface area contributed by atoms with Crippen molar-refractivity contribution in [3.8, 4) is 11.3 Å². The van der Waals surface area contributed by atoms with Crippen molar-refractivity contribution >= 4 is 5.91 Å². The summed E-state index contributed by atoms with van der Waals surface area (Å²) in [5.41, 5.74) is 5.15. The van der Waals surface area contributed by atoms with Gasteiger partial charge < -0.3 is 5.32 Å². The summed E-state index contributed by atoms with van der Waals surface area (Å²) in [4.78, 5) is 33.4. The summed E-state index contributed by atoms with van der Waals surface area (Å²) in [6, 6.07) is 10.3. The van der Waals surface area contributed by atoms with Gasteiger partial charge in [0, 0.05) is 35.6 Å². The van der Waals surface area contributed by atoms with Gasteiger partial charge >= 0.3 is 0 Å². The highest BCUT2D eigenvalue weighted by Crippen LogP contribution is 2.22. The van der Waals surface area contributed by atoms with Crippen LogP contribution in [0.3, 0.4) is 0 Å². The van der Waals surface area contributed by atoms with E-state index in [0.29, 0.717) is 17.1 Å². The van der Waals surface area contributed by atoms with E-state index in [0.717, 1.165) is 36.2 Å². The third-order valence-corrected chi connectivity index (χ3v) is 5.22. The number of nitrogens with zero attached hydrogens (tertiary/aromatic N) is 4. The molecule has 2 aromatic heterocycles. The lowest BCUT2D eigenvalue weighted by molar-refractivity contribution is 0.0950. The topological polar surface area (TPSA) is 89.8 Å². The molecule has 2 heterocycles. The number of fused-ring (bicyclic) bond motifs is 1. The molecule has 7 heteroatoms. The summed E-state index contributed by atoms with van der Waals surface area (Å²) in [6.45, 7) is 2.30. The minimum absolute atomic E-state index is 0.178. The van der Waals surface area contributed by atoms with Crippen molar-refractivity contribution in [2.45, 2.75) is 39.2 Å². The Morgan fingerprint density at radius 1 is 1.14 bits per heavy atom. The average Bonchev–Trinajstić information content (AvgIpc) is 2.74. The van der Waals surface area contributed by atoms with E-state index in [2.05, 4.69) is 20.4 Å². The van der Waals surface area contributed by atoms with Gasteiger partial charge in [-0.25, -0.2) is 14.6 Å². The largest absolute Gasteiger partial charge is 0.345 e. The van der Waals surface area contributed by atoms with E-state index in [9.17, 15) is 9.59 Å². The molecule has 1 aliphatic rings. The molecule has 1 aliphatic carbocycles. The first-order valence-corrected chi connectivity index (χ1v) is 9.79. The average molecular weight is 389 g/mol. The number of carbonyl (C=O) groups excluding carboxylic acids is 1. The monoisotopic (exact) mass is 389 g/mol. The van der Waals surface area contributed by atoms with Gasteiger partial charge in [-0.3, -0.25) is 9.59 Å². The fourth-order valence-corrected chi connectivity index (χ4v) is 3.66. The van der Waals surface area contributed by atoms with Crippen LogP contribution in [0.25, 0.3) is 11.3 Å². The van der Waals surface area contributed by atoms with E-state index in [-0.39, 0.29) is 18.0 Å². The summed E-state index contributed by atoms with van der Waals surface area (Å²) in [5, 5.41) is 7.15. The standard InChI is InChI=1S/C22H23N5O2/c1-14-17-8-3-4-9-19(17)25-20(24-14)13-23-22(29)16-7-5-6-15(12-16)18-10-11-21(28)27(2)26-18/h5-7,10-12H,3-4,8-9,13H2,1-2H3,(H,23,29). The Kier molecular flexibility index (Phi) is 5.20. The lowest BCUT2D eigenvalue weighted by atomic mass is 9.95. The van der Waals surface area contributed by atoms with Crippen molar-refractivity contribution in [3.63, 3.8) is 0 Å². The molecule has 4 rings (SSSR count). The van der Waals surface area contributed by atoms with Crippen LogP contribution in [-0.4, -0.2) is 25.7 Å². The molecule has 1 aromatic carbocycles. The van der Waals surface area contributed by atoms with Crippen LogP contribution < -0.4 is 10.9 Å². The van der Waals surface area contributed by atoms with Crippen LogP contribution >= 0.6 is 0 Å². The maximum absolute atomic E-state index is 12.7. The summed E-state index contributed by atoms with van der Waals surface area (Å²) < 4.78 is 1.28. The molecule has 0 atom stereocenters. The number of amides is 1. The van der Waals surface area contributed by atoms with Crippen LogP contribution in [0.15, 0.2) is 41.2 Å². The minimum atomic E-state index is -0.198. The van der Waals surface area contributed by atoms with Crippen molar-refractivity contribution in [1.29, 1.82) is 0 Å². The van der Waals surface area contributed by atoms with E-state index in [1.54, 1.807) is 31.3 Å². The first kappa shape index (κ1) is 19.0. The van der Waals surface area contributed by atoms with Crippen LogP contribution in [0.4, 0.5) is 0 Å². The molecule has 0 fully saturated rings. The molecule has 0 unspecified atom stereocenters. The smallest absolute Gasteiger partial charge is 0.266 e. The van der Waals surface area contributed by atoms with E-state index >= 15 is 0 Å². The zero-order valence-electron chi connectivity index (χ0n) is 16.6. The molecule has 3 aromatic rings. The Hall–Kier alpha value is -3.35. The first-order valence-electron chi connectivity index (χ1n) is 9.79. The van der Waals surface area contributed by atoms with Gasteiger partial charge in [-0.1, -0.05) is 12.1 Å². The summed E-state index contributed by atoms with van der Waals surface area (Å²) >= 11 is 0. The Bertz CT molecular complexity index is 1140. The molecule has 0 aliphatic heterocycles. The van der Waals surface area contributed by atoms with Gasteiger partial charge in [0.1, 0.15) is 5.82 Å². The Morgan fingerprint density at radius 3 is 2.79 bits per heavy atom. The highest BCUT2D eigenvalue weighted by molar-refractivity contribution is 5.95. The fraction of sp³-hybridized carbons (Fsp3) is 0.318. The number of aryl methyl sites for hydroxylation is 3. The molecule has 0 spiro atoms. The second-order valence-corrected chi connectivity index (χ2v) is 7.30. The molecule has 0 radical (unpaired) electrons. The van der Waals surface area contributed by atoms with Crippen molar-refractivity contribution in [1.82, 2.24) is 25.1 Å². The van der Waals surface area contributed by atoms with Crippen molar-refractivity contribution in [2.75, 3.05) is 0 Å². The molecule has 0 saturated carbocycles. The zero-order valence-corrected chi connectivity index (χ0v) is 16.6. The SMILES string of the molecule is Cc1nc(CNC(=O)c2cccc(-c3ccc(=O)n(C)n3)c2)nc2c1CCCC2. The molecular weight excluding hydrogens is 366 g/mol. The van der Waals surface area contributed by atoms with Crippen molar-refractivity contribution in [2.24, 2.45) is 7.05 Å². The second kappa shape index (κ2) is 7.95. The maximum atomic E-state index is 12.7. The lowest BCUT2D eigenvalue weighted by Crippen LogP contribution is -2.25. The van der Waals surface area contributed by atoms with Crippen LogP contribution in [0, 0.1) is 6.92 Å². The third-order valence-electron chi connectivity index (χ3n) is 5.22. The molecule has 0 saturated heterocycles. The molecule has 1 amide bonds. The Balaban J connectivity index is 1.50. The summed E-state index contributed by atoms with van der Waals surface area (Å²) in [7, 11) is 1.60. The van der Waals surface area contributed by atoms with Gasteiger partial charge in [-0.15, -0.1) is 0 Å². The highest BCUT2D eigenvalue weighted by atomic mass is 16.1. The Morgan fingerprint density at radius 2 is 1.97 bits per heavy atom. The number of aromatic nitrogens is 4. The molecule has 7 nitrogen and oxygen atoms in total. The highest BCUT2D eigenvalue weighted by Gasteiger charge is 2.16. The van der Waals surface area contributed by atoms with E-state index in [4.69, 9.17) is 0 Å². The van der Waals surface area contributed by atoms with Crippen LogP contribution in [0.5, 0.6) is 0 Å². The first-order chi connectivity index (χ1) is 14.0. The minimum Gasteiger partial charge on any atom is -0.345 e. The van der Waals surface area contributed by atoms with Gasteiger partial charge in [0.15, 0.2) is 0 Å². The molecule has 0 bridgehead atoms. The van der Waals surface area contributed by atoms with Gasteiger partial charge in [0.2, 0.25) is 0 Å². The van der Waals surface area contributed by atoms with Gasteiger partial charge in [-0.2, -0.15) is 5.10 Å². The molecular formula is C22H23N5O2. The third kappa shape index (κ3) is 4.08. The number of nitrogens with one attached hydrogen (secondary N) is 1. The van der Waals surface area contributed by atoms with E-state index < -0.39 is 0 Å². The number of hydrogen-bond acceptors (Lipinski definition) is 5. The number of rotatable bonds is 4. The van der Waals surface area contributed by atoms with Crippen LogP contribution in [0.1, 0.15) is 46.0 Å². The second-order valence-electron chi connectivity index (χ2n) is 7.30. The Labute approximate surface area is 168 Å². The molecule has 29 heavy (non-hydrogen) atoms. The number of benzene rings is 1. The molecule has 1 N–H and O–H groups in total. The zero-order chi connectivity index (χ0) is 20.4. The van der Waals surface area contributed by atoms with E-state index in [1.165, 1.54) is 22.7 Å². The predicted octanol–water partition coefficient (Wildman–Crippen LogP) is 2.35. The predicted molar refractivity (Wildman–Crippen MR) is 109 cm³/mol. The normalized spacial score (nSPS) is 13.0. The fourth-order valence-electron chi connectivity index (χ4n) is 3.66. The number of carbonyl (C=O) groups is 1. The quantitative estimate of drug-likeness (QED) is 0.740. The van der Waals surface area contributed by atoms with Gasteiger partial charge in [0.25, 0.3) is 11.5 Å². The van der Waals surface area contributed by atoms with Gasteiger partial charge in [-0.05, 0) is 56.4 Å².